The predicted molar refractivity (Wildman–Crippen MR) is 156 cm³/mol. The van der Waals surface area contributed by atoms with Crippen molar-refractivity contribution >= 4 is 24.0 Å². The van der Waals surface area contributed by atoms with Crippen LogP contribution in [0.1, 0.15) is 23.7 Å². The van der Waals surface area contributed by atoms with Gasteiger partial charge >= 0.3 is 17.9 Å². The smallest absolute Gasteiger partial charge is 0.335 e. The number of fused-ring (bicyclic) bond motifs is 1. The lowest BCUT2D eigenvalue weighted by Gasteiger charge is -2.46. The van der Waals surface area contributed by atoms with Crippen LogP contribution in [0.4, 0.5) is 0 Å². The number of aliphatic hydroxyl groups excluding tert-OH is 5. The molecule has 2 aromatic carbocycles. The number of carboxylic acid groups (broad SMARTS) is 2. The van der Waals surface area contributed by atoms with Crippen molar-refractivity contribution in [3.05, 3.63) is 47.2 Å². The van der Waals surface area contributed by atoms with Crippen molar-refractivity contribution in [1.82, 2.24) is 0 Å². The van der Waals surface area contributed by atoms with Gasteiger partial charge in [-0.2, -0.15) is 0 Å². The second-order valence-corrected chi connectivity index (χ2v) is 11.4. The van der Waals surface area contributed by atoms with Crippen LogP contribution in [0.5, 0.6) is 28.7 Å². The van der Waals surface area contributed by atoms with Gasteiger partial charge in [0, 0.05) is 12.1 Å². The largest absolute Gasteiger partial charge is 0.571 e. The molecular weight excluding hydrogens is 680 g/mol. The Morgan fingerprint density at radius 1 is 0.800 bits per heavy atom. The highest BCUT2D eigenvalue weighted by Crippen LogP contribution is 2.46. The van der Waals surface area contributed by atoms with Gasteiger partial charge in [0.1, 0.15) is 54.0 Å². The molecule has 272 valence electrons. The molecule has 50 heavy (non-hydrogen) atoms. The Bertz CT molecular complexity index is 1640. The second kappa shape index (κ2) is 14.5. The number of hydrogen-bond donors (Lipinski definition) is 11. The molecule has 0 saturated carbocycles. The zero-order valence-electron chi connectivity index (χ0n) is 25.4. The van der Waals surface area contributed by atoms with E-state index >= 15 is 0 Å². The van der Waals surface area contributed by atoms with E-state index in [9.17, 15) is 65.4 Å². The van der Waals surface area contributed by atoms with Crippen molar-refractivity contribution in [1.29, 1.82) is 0 Å². The molecule has 2 fully saturated rings. The van der Waals surface area contributed by atoms with E-state index in [1.165, 1.54) is 18.2 Å². The van der Waals surface area contributed by atoms with Crippen LogP contribution in [0, 0.1) is 0 Å². The lowest BCUT2D eigenvalue weighted by Crippen LogP contribution is -2.65. The summed E-state index contributed by atoms with van der Waals surface area (Å²) in [5, 5.41) is 112. The van der Waals surface area contributed by atoms with E-state index < -0.39 is 116 Å². The minimum Gasteiger partial charge on any atom is -0.571 e. The maximum Gasteiger partial charge on any atom is 0.335 e. The molecule has 2 aromatic rings. The summed E-state index contributed by atoms with van der Waals surface area (Å²) in [7, 11) is 0. The lowest BCUT2D eigenvalue weighted by molar-refractivity contribution is -0.361. The molecular formula is C30H33O20+. The number of phenols is 4. The topological polar surface area (TPSA) is 333 Å². The van der Waals surface area contributed by atoms with Gasteiger partial charge in [-0.05, 0) is 18.2 Å². The van der Waals surface area contributed by atoms with Gasteiger partial charge in [0.15, 0.2) is 41.9 Å². The Balaban J connectivity index is 1.56. The van der Waals surface area contributed by atoms with E-state index in [-0.39, 0.29) is 28.4 Å². The number of carbonyl (C=O) groups is 3. The first-order valence-corrected chi connectivity index (χ1v) is 14.7. The molecule has 12 N–H and O–H groups in total. The molecule has 3 heterocycles. The quantitative estimate of drug-likeness (QED) is 0.0529. The monoisotopic (exact) mass is 713 g/mol. The third-order valence-electron chi connectivity index (χ3n) is 7.98. The van der Waals surface area contributed by atoms with E-state index in [4.69, 9.17) is 28.8 Å². The number of rotatable bonds is 10. The molecule has 2 saturated heterocycles. The van der Waals surface area contributed by atoms with Gasteiger partial charge in [0.25, 0.3) is 11.9 Å². The molecule has 5 rings (SSSR count). The number of esters is 1. The van der Waals surface area contributed by atoms with Crippen molar-refractivity contribution in [3.63, 3.8) is 0 Å². The van der Waals surface area contributed by atoms with Gasteiger partial charge in [0.05, 0.1) is 18.2 Å². The summed E-state index contributed by atoms with van der Waals surface area (Å²) in [5.74, 6) is -6.86. The Labute approximate surface area is 279 Å². The van der Waals surface area contributed by atoms with Crippen LogP contribution in [-0.2, 0) is 38.1 Å². The molecule has 0 aliphatic carbocycles. The number of hydrogen-bond acceptors (Lipinski definition) is 17. The molecule has 20 nitrogen and oxygen atoms in total. The fourth-order valence-corrected chi connectivity index (χ4v) is 5.53. The van der Waals surface area contributed by atoms with Crippen LogP contribution < -0.4 is 0 Å². The summed E-state index contributed by atoms with van der Waals surface area (Å²) in [6, 6.07) is 5.75. The van der Waals surface area contributed by atoms with Crippen molar-refractivity contribution in [2.24, 2.45) is 0 Å². The maximum atomic E-state index is 12.3. The third kappa shape index (κ3) is 7.32. The van der Waals surface area contributed by atoms with Crippen LogP contribution in [-0.4, -0.2) is 147 Å². The first-order chi connectivity index (χ1) is 23.6. The molecule has 20 heteroatoms. The molecule has 3 aliphatic heterocycles. The highest BCUT2D eigenvalue weighted by Gasteiger charge is 2.54. The van der Waals surface area contributed by atoms with Gasteiger partial charge in [0.2, 0.25) is 6.29 Å². The SMILES string of the molecule is O=C(O)CC(=O)OC1C(CO)OC(OC2=Cc3c(O)cc(O)cc3[OH+]C2c2ccc(O)c(O)c2)C(OC2OC(C(=O)O)C(O)C(O)C2O)C1O. The van der Waals surface area contributed by atoms with E-state index in [2.05, 4.69) is 4.74 Å². The van der Waals surface area contributed by atoms with Crippen LogP contribution >= 0.6 is 0 Å². The minimum absolute atomic E-state index is 0.00231. The maximum absolute atomic E-state index is 12.3. The van der Waals surface area contributed by atoms with Crippen LogP contribution in [0.2, 0.25) is 0 Å². The normalized spacial score (nSPS) is 32.2. The molecule has 0 amide bonds. The first kappa shape index (κ1) is 36.4. The first-order valence-electron chi connectivity index (χ1n) is 14.7. The summed E-state index contributed by atoms with van der Waals surface area (Å²) in [4.78, 5) is 35.1. The Morgan fingerprint density at radius 2 is 1.52 bits per heavy atom. The summed E-state index contributed by atoms with van der Waals surface area (Å²) < 4.78 is 32.2. The number of aliphatic hydroxyl groups is 6. The fourth-order valence-electron chi connectivity index (χ4n) is 5.53. The average molecular weight is 714 g/mol. The molecule has 0 spiro atoms. The second-order valence-electron chi connectivity index (χ2n) is 11.4. The number of phenolic OH excluding ortho intramolecular Hbond substituents is 4. The van der Waals surface area contributed by atoms with Gasteiger partial charge in [-0.25, -0.2) is 4.79 Å². The van der Waals surface area contributed by atoms with Crippen molar-refractivity contribution < 1.29 is 99.0 Å². The van der Waals surface area contributed by atoms with Crippen LogP contribution in [0.15, 0.2) is 36.1 Å². The molecule has 11 atom stereocenters. The number of carboxylic acids is 2. The van der Waals surface area contributed by atoms with E-state index in [1.807, 2.05) is 0 Å². The highest BCUT2D eigenvalue weighted by molar-refractivity contribution is 5.90. The number of carbonyl (C=O) groups excluding carboxylic acids is 1. The molecule has 11 unspecified atom stereocenters. The Morgan fingerprint density at radius 3 is 2.16 bits per heavy atom. The van der Waals surface area contributed by atoms with Crippen LogP contribution in [0.3, 0.4) is 0 Å². The lowest BCUT2D eigenvalue weighted by atomic mass is 9.96. The van der Waals surface area contributed by atoms with E-state index in [0.29, 0.717) is 0 Å². The number of aliphatic carboxylic acids is 2. The number of aromatic hydroxyl groups is 5. The van der Waals surface area contributed by atoms with Gasteiger partial charge < -0.3 is 84.6 Å². The number of ether oxygens (including phenoxy) is 6. The zero-order valence-corrected chi connectivity index (χ0v) is 25.4. The molecule has 3 aliphatic rings. The van der Waals surface area contributed by atoms with Crippen molar-refractivity contribution in [3.8, 4) is 28.7 Å². The molecule has 0 radical (unpaired) electrons. The summed E-state index contributed by atoms with van der Waals surface area (Å²) in [6.45, 7) is -0.981. The summed E-state index contributed by atoms with van der Waals surface area (Å²) in [5.41, 5.74) is 0.151. The standard InChI is InChI=1S/C30H32O20/c31-8-17-25(48-19(38)7-18(36)37)23(42)27(50-29-22(41)20(39)21(40)26(49-29)28(43)44)30(47-17)46-16-6-11-13(34)4-10(32)5-15(11)45-24(16)9-1-2-12(33)14(35)3-9/h1-6,17,20-27,29-35,39-42H,7-8H2,(H,36,37)(H,43,44)/p+1. The third-order valence-corrected chi connectivity index (χ3v) is 7.98. The van der Waals surface area contributed by atoms with Gasteiger partial charge in [-0.3, -0.25) is 9.59 Å². The summed E-state index contributed by atoms with van der Waals surface area (Å²) in [6.07, 6.45) is -21.6. The fraction of sp³-hybridized carbons (Fsp3) is 0.433. The van der Waals surface area contributed by atoms with Gasteiger partial charge in [-0.1, -0.05) is 0 Å². The van der Waals surface area contributed by atoms with Gasteiger partial charge in [-0.15, -0.1) is 0 Å². The van der Waals surface area contributed by atoms with Crippen LogP contribution in [0.25, 0.3) is 6.08 Å². The van der Waals surface area contributed by atoms with Crippen molar-refractivity contribution in [2.75, 3.05) is 6.61 Å². The Kier molecular flexibility index (Phi) is 10.5. The van der Waals surface area contributed by atoms with E-state index in [1.54, 1.807) is 0 Å². The van der Waals surface area contributed by atoms with E-state index in [0.717, 1.165) is 18.2 Å². The molecule has 0 bridgehead atoms. The minimum atomic E-state index is -2.16. The highest BCUT2D eigenvalue weighted by atomic mass is 16.8. The summed E-state index contributed by atoms with van der Waals surface area (Å²) >= 11 is 0. The molecule has 0 aromatic heterocycles. The zero-order chi connectivity index (χ0) is 36.6. The number of benzene rings is 2. The predicted octanol–water partition coefficient (Wildman–Crippen LogP) is -2.40. The van der Waals surface area contributed by atoms with Crippen molar-refractivity contribution in [2.45, 2.75) is 73.9 Å². The Hall–Kier alpha value is -4.93. The average Bonchev–Trinajstić information content (AvgIpc) is 3.04.